The van der Waals surface area contributed by atoms with Crippen LogP contribution in [0.2, 0.25) is 0 Å². The van der Waals surface area contributed by atoms with E-state index in [1.807, 2.05) is 19.1 Å². The molecule has 0 bridgehead atoms. The molecular formula is C16H16N4O3S2. The zero-order valence-corrected chi connectivity index (χ0v) is 15.1. The highest BCUT2D eigenvalue weighted by Gasteiger charge is 2.12. The van der Waals surface area contributed by atoms with Gasteiger partial charge >= 0.3 is 0 Å². The fourth-order valence-electron chi connectivity index (χ4n) is 1.73. The number of anilines is 1. The van der Waals surface area contributed by atoms with Gasteiger partial charge in [-0.05, 0) is 19.1 Å². The van der Waals surface area contributed by atoms with Crippen LogP contribution in [0.5, 0.6) is 5.75 Å². The van der Waals surface area contributed by atoms with Gasteiger partial charge in [0.25, 0.3) is 5.91 Å². The van der Waals surface area contributed by atoms with Gasteiger partial charge in [-0.15, -0.1) is 0 Å². The van der Waals surface area contributed by atoms with E-state index in [4.69, 9.17) is 10.00 Å². The predicted molar refractivity (Wildman–Crippen MR) is 96.8 cm³/mol. The van der Waals surface area contributed by atoms with Crippen molar-refractivity contribution in [3.05, 3.63) is 36.0 Å². The second-order valence-corrected chi connectivity index (χ2v) is 7.01. The Bertz CT molecular complexity index is 771. The van der Waals surface area contributed by atoms with Gasteiger partial charge in [-0.2, -0.15) is 5.26 Å². The number of carbonyl (C=O) groups is 2. The number of rotatable bonds is 8. The van der Waals surface area contributed by atoms with Crippen LogP contribution in [0.15, 0.2) is 34.5 Å². The third-order valence-electron chi connectivity index (χ3n) is 2.83. The van der Waals surface area contributed by atoms with Gasteiger partial charge in [0.15, 0.2) is 11.7 Å². The van der Waals surface area contributed by atoms with Crippen LogP contribution in [-0.2, 0) is 9.59 Å². The van der Waals surface area contributed by atoms with Gasteiger partial charge in [0.2, 0.25) is 5.91 Å². The van der Waals surface area contributed by atoms with Crippen molar-refractivity contribution in [1.82, 2.24) is 10.3 Å². The smallest absolute Gasteiger partial charge is 0.258 e. The second kappa shape index (κ2) is 9.66. The fourth-order valence-corrected chi connectivity index (χ4v) is 3.54. The SMILES string of the molecule is Cc1nc(NC(=O)CNC(=O)COc2ccccc2)sc1SCC#N. The van der Waals surface area contributed by atoms with Crippen molar-refractivity contribution in [3.8, 4) is 11.8 Å². The predicted octanol–water partition coefficient (Wildman–Crippen LogP) is 2.20. The van der Waals surface area contributed by atoms with Crippen LogP contribution in [0, 0.1) is 18.3 Å². The highest BCUT2D eigenvalue weighted by atomic mass is 32.2. The van der Waals surface area contributed by atoms with Crippen molar-refractivity contribution in [3.63, 3.8) is 0 Å². The number of ether oxygens (including phenoxy) is 1. The van der Waals surface area contributed by atoms with Gasteiger partial charge < -0.3 is 15.4 Å². The van der Waals surface area contributed by atoms with Crippen LogP contribution in [-0.4, -0.2) is 35.7 Å². The maximum absolute atomic E-state index is 11.9. The van der Waals surface area contributed by atoms with E-state index in [1.54, 1.807) is 24.3 Å². The van der Waals surface area contributed by atoms with E-state index in [-0.39, 0.29) is 25.0 Å². The lowest BCUT2D eigenvalue weighted by molar-refractivity contribution is -0.125. The maximum Gasteiger partial charge on any atom is 0.258 e. The van der Waals surface area contributed by atoms with E-state index >= 15 is 0 Å². The summed E-state index contributed by atoms with van der Waals surface area (Å²) in [6, 6.07) is 11.0. The van der Waals surface area contributed by atoms with Crippen molar-refractivity contribution >= 4 is 40.0 Å². The Morgan fingerprint density at radius 1 is 1.32 bits per heavy atom. The second-order valence-electron chi connectivity index (χ2n) is 4.77. The number of nitrogens with zero attached hydrogens (tertiary/aromatic N) is 2. The summed E-state index contributed by atoms with van der Waals surface area (Å²) in [5, 5.41) is 14.2. The number of thioether (sulfide) groups is 1. The van der Waals surface area contributed by atoms with Crippen molar-refractivity contribution in [2.75, 3.05) is 24.2 Å². The lowest BCUT2D eigenvalue weighted by atomic mass is 10.3. The summed E-state index contributed by atoms with van der Waals surface area (Å²) in [5.41, 5.74) is 0.765. The Labute approximate surface area is 153 Å². The van der Waals surface area contributed by atoms with Gasteiger partial charge in [-0.1, -0.05) is 41.3 Å². The Morgan fingerprint density at radius 3 is 2.80 bits per heavy atom. The summed E-state index contributed by atoms with van der Waals surface area (Å²) in [7, 11) is 0. The van der Waals surface area contributed by atoms with E-state index in [0.717, 1.165) is 9.90 Å². The molecule has 2 rings (SSSR count). The van der Waals surface area contributed by atoms with E-state index in [2.05, 4.69) is 15.6 Å². The minimum atomic E-state index is -0.389. The molecule has 2 amide bonds. The Morgan fingerprint density at radius 2 is 2.08 bits per heavy atom. The molecular weight excluding hydrogens is 360 g/mol. The molecule has 0 aliphatic heterocycles. The molecule has 0 saturated carbocycles. The highest BCUT2D eigenvalue weighted by Crippen LogP contribution is 2.31. The molecule has 0 radical (unpaired) electrons. The van der Waals surface area contributed by atoms with Gasteiger partial charge in [0, 0.05) is 0 Å². The molecule has 0 spiro atoms. The molecule has 1 heterocycles. The number of thiazole rings is 1. The van der Waals surface area contributed by atoms with Crippen LogP contribution in [0.25, 0.3) is 0 Å². The Kier molecular flexibility index (Phi) is 7.25. The zero-order valence-electron chi connectivity index (χ0n) is 13.4. The third kappa shape index (κ3) is 6.45. The molecule has 0 unspecified atom stereocenters. The molecule has 130 valence electrons. The minimum absolute atomic E-state index is 0.164. The average Bonchev–Trinajstić information content (AvgIpc) is 2.96. The molecule has 25 heavy (non-hydrogen) atoms. The van der Waals surface area contributed by atoms with Crippen LogP contribution in [0.3, 0.4) is 0 Å². The first-order valence-corrected chi connectivity index (χ1v) is 9.10. The average molecular weight is 376 g/mol. The first-order valence-electron chi connectivity index (χ1n) is 7.30. The molecule has 0 aliphatic carbocycles. The number of para-hydroxylation sites is 1. The zero-order chi connectivity index (χ0) is 18.1. The summed E-state index contributed by atoms with van der Waals surface area (Å²) >= 11 is 2.68. The number of nitrogens with one attached hydrogen (secondary N) is 2. The van der Waals surface area contributed by atoms with E-state index in [1.165, 1.54) is 23.1 Å². The summed E-state index contributed by atoms with van der Waals surface area (Å²) < 4.78 is 6.18. The first-order chi connectivity index (χ1) is 12.1. The molecule has 2 aromatic rings. The molecule has 9 heteroatoms. The van der Waals surface area contributed by atoms with Crippen molar-refractivity contribution in [2.24, 2.45) is 0 Å². The topological polar surface area (TPSA) is 104 Å². The van der Waals surface area contributed by atoms with Crippen LogP contribution in [0.1, 0.15) is 5.69 Å². The van der Waals surface area contributed by atoms with Crippen molar-refractivity contribution in [1.29, 1.82) is 5.26 Å². The van der Waals surface area contributed by atoms with E-state index in [9.17, 15) is 9.59 Å². The summed E-state index contributed by atoms with van der Waals surface area (Å²) in [6.45, 7) is 1.48. The fraction of sp³-hybridized carbons (Fsp3) is 0.250. The molecule has 0 aliphatic rings. The molecule has 1 aromatic heterocycles. The molecule has 7 nitrogen and oxygen atoms in total. The van der Waals surface area contributed by atoms with Crippen LogP contribution >= 0.6 is 23.1 Å². The van der Waals surface area contributed by atoms with E-state index < -0.39 is 0 Å². The van der Waals surface area contributed by atoms with Crippen LogP contribution in [0.4, 0.5) is 5.13 Å². The number of hydrogen-bond acceptors (Lipinski definition) is 7. The maximum atomic E-state index is 11.9. The number of benzene rings is 1. The van der Waals surface area contributed by atoms with Gasteiger partial charge in [0.1, 0.15) is 5.75 Å². The molecule has 0 fully saturated rings. The quantitative estimate of drug-likeness (QED) is 0.685. The lowest BCUT2D eigenvalue weighted by Crippen LogP contribution is -2.35. The van der Waals surface area contributed by atoms with Crippen LogP contribution < -0.4 is 15.4 Å². The summed E-state index contributed by atoms with van der Waals surface area (Å²) in [5.74, 6) is 0.148. The number of aryl methyl sites for hydroxylation is 1. The van der Waals surface area contributed by atoms with E-state index in [0.29, 0.717) is 16.6 Å². The minimum Gasteiger partial charge on any atom is -0.484 e. The third-order valence-corrected chi connectivity index (χ3v) is 5.13. The molecule has 0 atom stereocenters. The summed E-state index contributed by atoms with van der Waals surface area (Å²) in [4.78, 5) is 27.8. The number of hydrogen-bond donors (Lipinski definition) is 2. The number of carbonyl (C=O) groups excluding carboxylic acids is 2. The number of amides is 2. The lowest BCUT2D eigenvalue weighted by Gasteiger charge is -2.07. The molecule has 0 saturated heterocycles. The van der Waals surface area contributed by atoms with Gasteiger partial charge in [-0.25, -0.2) is 4.98 Å². The monoisotopic (exact) mass is 376 g/mol. The Hall–Kier alpha value is -2.57. The highest BCUT2D eigenvalue weighted by molar-refractivity contribution is 8.01. The largest absolute Gasteiger partial charge is 0.484 e. The molecule has 1 aromatic carbocycles. The molecule has 2 N–H and O–H groups in total. The van der Waals surface area contributed by atoms with Gasteiger partial charge in [0.05, 0.1) is 28.3 Å². The number of aromatic nitrogens is 1. The summed E-state index contributed by atoms with van der Waals surface area (Å²) in [6.07, 6.45) is 0. The first kappa shape index (κ1) is 18.8. The Balaban J connectivity index is 1.73. The normalized spacial score (nSPS) is 9.92. The van der Waals surface area contributed by atoms with Crippen molar-refractivity contribution in [2.45, 2.75) is 11.1 Å². The van der Waals surface area contributed by atoms with Gasteiger partial charge in [-0.3, -0.25) is 9.59 Å². The standard InChI is InChI=1S/C16H16N4O3S2/c1-11-15(24-8-7-17)25-16(19-11)20-13(21)9-18-14(22)10-23-12-5-3-2-4-6-12/h2-6H,8-10H2,1H3,(H,18,22)(H,19,20,21). The number of nitriles is 1. The van der Waals surface area contributed by atoms with Crippen molar-refractivity contribution < 1.29 is 14.3 Å².